The lowest BCUT2D eigenvalue weighted by atomic mass is 9.77. The Kier molecular flexibility index (Phi) is 7.32. The molecule has 0 aromatic heterocycles. The highest BCUT2D eigenvalue weighted by Gasteiger charge is 2.21. The average Bonchev–Trinajstić information content (AvgIpc) is 2.72. The molecule has 0 amide bonds. The monoisotopic (exact) mass is 364 g/mol. The second kappa shape index (κ2) is 10.1. The Bertz CT molecular complexity index is 739. The van der Waals surface area contributed by atoms with Gasteiger partial charge in [0.1, 0.15) is 5.82 Å². The molecule has 2 aromatic carbocycles. The highest BCUT2D eigenvalue weighted by Crippen LogP contribution is 2.37. The first-order chi connectivity index (χ1) is 13.2. The molecule has 1 aliphatic rings. The Morgan fingerprint density at radius 2 is 1.41 bits per heavy atom. The molecule has 0 unspecified atom stereocenters. The predicted octanol–water partition coefficient (Wildman–Crippen LogP) is 6.74. The summed E-state index contributed by atoms with van der Waals surface area (Å²) in [6, 6.07) is 14.9. The summed E-state index contributed by atoms with van der Waals surface area (Å²) in [5.74, 6) is 1.42. The highest BCUT2D eigenvalue weighted by molar-refractivity contribution is 5.82. The average molecular weight is 365 g/mol. The van der Waals surface area contributed by atoms with E-state index in [2.05, 4.69) is 41.4 Å². The summed E-state index contributed by atoms with van der Waals surface area (Å²) >= 11 is 0. The number of rotatable bonds is 7. The van der Waals surface area contributed by atoms with Crippen molar-refractivity contribution in [3.8, 4) is 0 Å². The fourth-order valence-corrected chi connectivity index (χ4v) is 3.88. The molecule has 0 heterocycles. The number of benzene rings is 2. The summed E-state index contributed by atoms with van der Waals surface area (Å²) in [6.07, 6.45) is 12.9. The van der Waals surface area contributed by atoms with E-state index in [-0.39, 0.29) is 5.82 Å². The molecule has 3 rings (SSSR count). The number of hydrogen-bond acceptors (Lipinski definition) is 2. The second-order valence-corrected chi connectivity index (χ2v) is 7.57. The van der Waals surface area contributed by atoms with Gasteiger partial charge in [0.25, 0.3) is 0 Å². The SMILES string of the molecule is CCCCC1CCC(c2ccc(/C=N/N=C/c3ccc(F)cc3)cc2)CC1. The van der Waals surface area contributed by atoms with E-state index in [9.17, 15) is 4.39 Å². The molecule has 1 saturated carbocycles. The van der Waals surface area contributed by atoms with E-state index in [1.165, 1.54) is 62.6 Å². The molecule has 0 spiro atoms. The van der Waals surface area contributed by atoms with Crippen LogP contribution in [0.25, 0.3) is 0 Å². The van der Waals surface area contributed by atoms with E-state index in [1.54, 1.807) is 24.6 Å². The van der Waals surface area contributed by atoms with E-state index in [4.69, 9.17) is 0 Å². The van der Waals surface area contributed by atoms with Crippen molar-refractivity contribution in [1.29, 1.82) is 0 Å². The fraction of sp³-hybridized carbons (Fsp3) is 0.417. The van der Waals surface area contributed by atoms with Gasteiger partial charge in [-0.1, -0.05) is 62.6 Å². The van der Waals surface area contributed by atoms with Crippen LogP contribution < -0.4 is 0 Å². The number of nitrogens with zero attached hydrogens (tertiary/aromatic N) is 2. The predicted molar refractivity (Wildman–Crippen MR) is 112 cm³/mol. The number of hydrogen-bond donors (Lipinski definition) is 0. The van der Waals surface area contributed by atoms with Gasteiger partial charge in [-0.2, -0.15) is 10.2 Å². The Hall–Kier alpha value is -2.29. The van der Waals surface area contributed by atoms with Crippen LogP contribution in [0, 0.1) is 11.7 Å². The standard InChI is InChI=1S/C24H29FN2/c1-2-3-4-19-5-11-22(12-6-19)23-13-7-20(8-14-23)17-26-27-18-21-9-15-24(25)16-10-21/h7-10,13-19,22H,2-6,11-12H2,1H3/b26-17+,27-18+. The largest absolute Gasteiger partial charge is 0.207 e. The molecule has 0 atom stereocenters. The van der Waals surface area contributed by atoms with Crippen molar-refractivity contribution < 1.29 is 4.39 Å². The molecule has 2 aromatic rings. The van der Waals surface area contributed by atoms with Gasteiger partial charge in [0.2, 0.25) is 0 Å². The third kappa shape index (κ3) is 6.13. The zero-order valence-corrected chi connectivity index (χ0v) is 16.2. The summed E-state index contributed by atoms with van der Waals surface area (Å²) < 4.78 is 12.9. The Morgan fingerprint density at radius 3 is 1.96 bits per heavy atom. The Labute approximate surface area is 162 Å². The van der Waals surface area contributed by atoms with Crippen LogP contribution in [0.4, 0.5) is 4.39 Å². The van der Waals surface area contributed by atoms with Crippen molar-refractivity contribution >= 4 is 12.4 Å². The molecule has 2 nitrogen and oxygen atoms in total. The lowest BCUT2D eigenvalue weighted by Gasteiger charge is -2.28. The normalized spacial score (nSPS) is 20.5. The second-order valence-electron chi connectivity index (χ2n) is 7.57. The van der Waals surface area contributed by atoms with Gasteiger partial charge in [0.05, 0.1) is 12.4 Å². The smallest absolute Gasteiger partial charge is 0.123 e. The maximum atomic E-state index is 12.9. The molecule has 0 N–H and O–H groups in total. The van der Waals surface area contributed by atoms with Crippen LogP contribution in [-0.2, 0) is 0 Å². The number of unbranched alkanes of at least 4 members (excludes halogenated alkanes) is 1. The van der Waals surface area contributed by atoms with E-state index >= 15 is 0 Å². The minimum Gasteiger partial charge on any atom is -0.207 e. The van der Waals surface area contributed by atoms with E-state index < -0.39 is 0 Å². The summed E-state index contributed by atoms with van der Waals surface area (Å²) in [7, 11) is 0. The minimum atomic E-state index is -0.245. The molecular weight excluding hydrogens is 335 g/mol. The first-order valence-corrected chi connectivity index (χ1v) is 10.2. The summed E-state index contributed by atoms with van der Waals surface area (Å²) in [6.45, 7) is 2.28. The molecule has 1 aliphatic carbocycles. The topological polar surface area (TPSA) is 24.7 Å². The minimum absolute atomic E-state index is 0.245. The van der Waals surface area contributed by atoms with Crippen LogP contribution in [0.15, 0.2) is 58.7 Å². The van der Waals surface area contributed by atoms with Gasteiger partial charge < -0.3 is 0 Å². The zero-order valence-electron chi connectivity index (χ0n) is 16.2. The van der Waals surface area contributed by atoms with Gasteiger partial charge >= 0.3 is 0 Å². The molecule has 0 radical (unpaired) electrons. The third-order valence-corrected chi connectivity index (χ3v) is 5.57. The summed E-state index contributed by atoms with van der Waals surface area (Å²) in [5.41, 5.74) is 3.33. The molecule has 1 fully saturated rings. The van der Waals surface area contributed by atoms with Gasteiger partial charge in [-0.15, -0.1) is 0 Å². The van der Waals surface area contributed by atoms with Gasteiger partial charge in [-0.05, 0) is 66.3 Å². The van der Waals surface area contributed by atoms with Crippen LogP contribution in [0.1, 0.15) is 74.5 Å². The summed E-state index contributed by atoms with van der Waals surface area (Å²) in [4.78, 5) is 0. The van der Waals surface area contributed by atoms with Crippen LogP contribution in [0.3, 0.4) is 0 Å². The molecule has 0 aliphatic heterocycles. The van der Waals surface area contributed by atoms with E-state index in [1.807, 2.05) is 0 Å². The molecule has 0 bridgehead atoms. The maximum Gasteiger partial charge on any atom is 0.123 e. The lowest BCUT2D eigenvalue weighted by Crippen LogP contribution is -2.13. The Morgan fingerprint density at radius 1 is 0.852 bits per heavy atom. The van der Waals surface area contributed by atoms with Crippen LogP contribution in [0.2, 0.25) is 0 Å². The molecular formula is C24H29FN2. The highest BCUT2D eigenvalue weighted by atomic mass is 19.1. The van der Waals surface area contributed by atoms with Crippen molar-refractivity contribution in [3.63, 3.8) is 0 Å². The van der Waals surface area contributed by atoms with Gasteiger partial charge in [0, 0.05) is 0 Å². The fourth-order valence-electron chi connectivity index (χ4n) is 3.88. The van der Waals surface area contributed by atoms with Gasteiger partial charge in [0.15, 0.2) is 0 Å². The maximum absolute atomic E-state index is 12.9. The van der Waals surface area contributed by atoms with Crippen molar-refractivity contribution in [2.24, 2.45) is 16.1 Å². The third-order valence-electron chi connectivity index (χ3n) is 5.57. The Balaban J connectivity index is 1.49. The van der Waals surface area contributed by atoms with Crippen LogP contribution in [-0.4, -0.2) is 12.4 Å². The first-order valence-electron chi connectivity index (χ1n) is 10.2. The van der Waals surface area contributed by atoms with Gasteiger partial charge in [-0.25, -0.2) is 4.39 Å². The van der Waals surface area contributed by atoms with Crippen molar-refractivity contribution in [3.05, 3.63) is 71.0 Å². The first kappa shape index (κ1) is 19.5. The summed E-state index contributed by atoms with van der Waals surface area (Å²) in [5, 5.41) is 8.12. The van der Waals surface area contributed by atoms with E-state index in [0.717, 1.165) is 17.0 Å². The molecule has 3 heteroatoms. The molecule has 27 heavy (non-hydrogen) atoms. The van der Waals surface area contributed by atoms with E-state index in [0.29, 0.717) is 5.92 Å². The van der Waals surface area contributed by atoms with Crippen molar-refractivity contribution in [2.75, 3.05) is 0 Å². The lowest BCUT2D eigenvalue weighted by molar-refractivity contribution is 0.304. The van der Waals surface area contributed by atoms with Crippen molar-refractivity contribution in [2.45, 2.75) is 57.8 Å². The van der Waals surface area contributed by atoms with Gasteiger partial charge in [-0.3, -0.25) is 0 Å². The molecule has 142 valence electrons. The molecule has 0 saturated heterocycles. The van der Waals surface area contributed by atoms with Crippen LogP contribution in [0.5, 0.6) is 0 Å². The quantitative estimate of drug-likeness (QED) is 0.384. The number of halogens is 1. The zero-order chi connectivity index (χ0) is 18.9. The van der Waals surface area contributed by atoms with Crippen LogP contribution >= 0.6 is 0 Å². The van der Waals surface area contributed by atoms with Crippen molar-refractivity contribution in [1.82, 2.24) is 0 Å².